The highest BCUT2D eigenvalue weighted by Gasteiger charge is 2.21. The van der Waals surface area contributed by atoms with Crippen molar-refractivity contribution in [3.05, 3.63) is 94.4 Å². The summed E-state index contributed by atoms with van der Waals surface area (Å²) in [5.41, 5.74) is 5.24. The SMILES string of the molecule is COc1ccc2c(Cc3nc4ccccc4[nH]3)c(C)n(C(=O)c3ccc(Cl)cc3)c2c1. The fraction of sp³-hybridized carbons (Fsp3) is 0.120. The van der Waals surface area contributed by atoms with Crippen LogP contribution in [0.3, 0.4) is 0 Å². The normalized spacial score (nSPS) is 11.3. The maximum atomic E-state index is 13.5. The van der Waals surface area contributed by atoms with Gasteiger partial charge in [0.25, 0.3) is 5.91 Å². The molecule has 2 heterocycles. The molecule has 1 N–H and O–H groups in total. The summed E-state index contributed by atoms with van der Waals surface area (Å²) in [7, 11) is 1.62. The largest absolute Gasteiger partial charge is 0.497 e. The number of ether oxygens (including phenoxy) is 1. The van der Waals surface area contributed by atoms with Gasteiger partial charge in [-0.1, -0.05) is 23.7 Å². The zero-order valence-corrected chi connectivity index (χ0v) is 17.9. The summed E-state index contributed by atoms with van der Waals surface area (Å²) in [6.45, 7) is 1.97. The maximum Gasteiger partial charge on any atom is 0.262 e. The van der Waals surface area contributed by atoms with Crippen molar-refractivity contribution >= 4 is 39.4 Å². The number of halogens is 1. The van der Waals surface area contributed by atoms with Gasteiger partial charge in [-0.05, 0) is 61.0 Å². The van der Waals surface area contributed by atoms with Gasteiger partial charge < -0.3 is 9.72 Å². The number of fused-ring (bicyclic) bond motifs is 2. The Morgan fingerprint density at radius 3 is 2.61 bits per heavy atom. The van der Waals surface area contributed by atoms with Gasteiger partial charge in [-0.2, -0.15) is 0 Å². The van der Waals surface area contributed by atoms with Crippen molar-refractivity contribution in [2.45, 2.75) is 13.3 Å². The average molecular weight is 430 g/mol. The van der Waals surface area contributed by atoms with Crippen molar-refractivity contribution in [2.24, 2.45) is 0 Å². The summed E-state index contributed by atoms with van der Waals surface area (Å²) in [6.07, 6.45) is 0.588. The van der Waals surface area contributed by atoms with Crippen molar-refractivity contribution < 1.29 is 9.53 Å². The zero-order chi connectivity index (χ0) is 21.5. The third-order valence-corrected chi connectivity index (χ3v) is 5.87. The molecule has 0 fully saturated rings. The van der Waals surface area contributed by atoms with E-state index in [0.717, 1.165) is 39.0 Å². The smallest absolute Gasteiger partial charge is 0.262 e. The molecular weight excluding hydrogens is 410 g/mol. The fourth-order valence-corrected chi connectivity index (χ4v) is 4.18. The predicted molar refractivity (Wildman–Crippen MR) is 123 cm³/mol. The quantitative estimate of drug-likeness (QED) is 0.394. The molecule has 0 saturated heterocycles. The van der Waals surface area contributed by atoms with Gasteiger partial charge in [-0.25, -0.2) is 4.98 Å². The van der Waals surface area contributed by atoms with Gasteiger partial charge in [-0.15, -0.1) is 0 Å². The number of nitrogens with zero attached hydrogens (tertiary/aromatic N) is 2. The van der Waals surface area contributed by atoms with E-state index in [0.29, 0.717) is 22.8 Å². The van der Waals surface area contributed by atoms with Crippen LogP contribution in [0.4, 0.5) is 0 Å². The molecule has 3 aromatic carbocycles. The number of H-pyrrole nitrogens is 1. The van der Waals surface area contributed by atoms with E-state index < -0.39 is 0 Å². The molecule has 0 aliphatic rings. The van der Waals surface area contributed by atoms with E-state index >= 15 is 0 Å². The molecule has 0 saturated carbocycles. The minimum atomic E-state index is -0.108. The summed E-state index contributed by atoms with van der Waals surface area (Å²) in [5.74, 6) is 1.45. The first-order valence-electron chi connectivity index (χ1n) is 9.97. The minimum Gasteiger partial charge on any atom is -0.497 e. The van der Waals surface area contributed by atoms with Gasteiger partial charge in [0.05, 0.1) is 23.7 Å². The van der Waals surface area contributed by atoms with E-state index in [9.17, 15) is 4.79 Å². The summed E-state index contributed by atoms with van der Waals surface area (Å²) >= 11 is 6.01. The highest BCUT2D eigenvalue weighted by molar-refractivity contribution is 6.30. The Hall–Kier alpha value is -3.57. The number of methoxy groups -OCH3 is 1. The maximum absolute atomic E-state index is 13.5. The standard InChI is InChI=1S/C25H20ClN3O2/c1-15-20(14-24-27-21-5-3-4-6-22(21)28-24)19-12-11-18(31-2)13-23(19)29(15)25(30)16-7-9-17(26)10-8-16/h3-13H,14H2,1-2H3,(H,27,28). The number of rotatable bonds is 4. The molecule has 6 heteroatoms. The Bertz CT molecular complexity index is 1400. The molecular formula is C25H20ClN3O2. The molecule has 5 nitrogen and oxygen atoms in total. The number of aromatic amines is 1. The van der Waals surface area contributed by atoms with E-state index in [2.05, 4.69) is 4.98 Å². The number of nitrogens with one attached hydrogen (secondary N) is 1. The Morgan fingerprint density at radius 2 is 1.87 bits per heavy atom. The number of imidazole rings is 1. The van der Waals surface area contributed by atoms with Gasteiger partial charge in [0.1, 0.15) is 11.6 Å². The van der Waals surface area contributed by atoms with Crippen molar-refractivity contribution in [1.82, 2.24) is 14.5 Å². The molecule has 0 amide bonds. The van der Waals surface area contributed by atoms with E-state index in [-0.39, 0.29) is 5.91 Å². The second-order valence-corrected chi connectivity index (χ2v) is 7.91. The highest BCUT2D eigenvalue weighted by atomic mass is 35.5. The first-order chi connectivity index (χ1) is 15.0. The predicted octanol–water partition coefficient (Wildman–Crippen LogP) is 5.77. The molecule has 0 atom stereocenters. The first kappa shape index (κ1) is 19.4. The molecule has 5 rings (SSSR count). The molecule has 154 valence electrons. The lowest BCUT2D eigenvalue weighted by Gasteiger charge is -2.08. The topological polar surface area (TPSA) is 59.9 Å². The number of carbonyl (C=O) groups excluding carboxylic acids is 1. The Labute approximate surface area is 184 Å². The van der Waals surface area contributed by atoms with Crippen LogP contribution in [0.2, 0.25) is 5.02 Å². The third kappa shape index (κ3) is 3.37. The van der Waals surface area contributed by atoms with Crippen LogP contribution in [0.25, 0.3) is 21.9 Å². The van der Waals surface area contributed by atoms with Gasteiger partial charge in [0.2, 0.25) is 0 Å². The first-order valence-corrected chi connectivity index (χ1v) is 10.3. The lowest BCUT2D eigenvalue weighted by Crippen LogP contribution is -2.13. The second-order valence-electron chi connectivity index (χ2n) is 7.47. The number of aromatic nitrogens is 3. The molecule has 31 heavy (non-hydrogen) atoms. The van der Waals surface area contributed by atoms with Crippen LogP contribution < -0.4 is 4.74 Å². The summed E-state index contributed by atoms with van der Waals surface area (Å²) in [5, 5.41) is 1.60. The zero-order valence-electron chi connectivity index (χ0n) is 17.1. The van der Waals surface area contributed by atoms with E-state index in [1.807, 2.05) is 49.4 Å². The van der Waals surface area contributed by atoms with Crippen molar-refractivity contribution in [3.8, 4) is 5.75 Å². The molecule has 0 unspecified atom stereocenters. The van der Waals surface area contributed by atoms with Gasteiger partial charge in [0, 0.05) is 34.2 Å². The molecule has 0 spiro atoms. The van der Waals surface area contributed by atoms with E-state index in [1.54, 1.807) is 35.9 Å². The lowest BCUT2D eigenvalue weighted by atomic mass is 10.1. The van der Waals surface area contributed by atoms with Crippen molar-refractivity contribution in [3.63, 3.8) is 0 Å². The van der Waals surface area contributed by atoms with Crippen LogP contribution in [0.1, 0.15) is 27.4 Å². The number of para-hydroxylation sites is 2. The van der Waals surface area contributed by atoms with Crippen LogP contribution in [0, 0.1) is 6.92 Å². The number of hydrogen-bond acceptors (Lipinski definition) is 3. The molecule has 2 aromatic heterocycles. The molecule has 0 aliphatic heterocycles. The highest BCUT2D eigenvalue weighted by Crippen LogP contribution is 2.31. The summed E-state index contributed by atoms with van der Waals surface area (Å²) in [6, 6.07) is 20.7. The van der Waals surface area contributed by atoms with Gasteiger partial charge in [-0.3, -0.25) is 9.36 Å². The monoisotopic (exact) mass is 429 g/mol. The van der Waals surface area contributed by atoms with Crippen LogP contribution in [0.15, 0.2) is 66.7 Å². The fourth-order valence-electron chi connectivity index (χ4n) is 4.05. The van der Waals surface area contributed by atoms with Crippen molar-refractivity contribution in [1.29, 1.82) is 0 Å². The molecule has 0 bridgehead atoms. The Morgan fingerprint density at radius 1 is 1.10 bits per heavy atom. The molecule has 0 radical (unpaired) electrons. The summed E-state index contributed by atoms with van der Waals surface area (Å²) < 4.78 is 7.17. The number of carbonyl (C=O) groups is 1. The van der Waals surface area contributed by atoms with Gasteiger partial charge >= 0.3 is 0 Å². The van der Waals surface area contributed by atoms with Crippen molar-refractivity contribution in [2.75, 3.05) is 7.11 Å². The summed E-state index contributed by atoms with van der Waals surface area (Å²) in [4.78, 5) is 21.6. The van der Waals surface area contributed by atoms with E-state index in [4.69, 9.17) is 21.3 Å². The Kier molecular flexibility index (Phi) is 4.75. The minimum absolute atomic E-state index is 0.108. The van der Waals surface area contributed by atoms with Crippen LogP contribution in [-0.4, -0.2) is 27.6 Å². The average Bonchev–Trinajstić information content (AvgIpc) is 3.31. The second kappa shape index (κ2) is 7.60. The third-order valence-electron chi connectivity index (χ3n) is 5.62. The lowest BCUT2D eigenvalue weighted by molar-refractivity contribution is 0.0963. The molecule has 0 aliphatic carbocycles. The van der Waals surface area contributed by atoms with Gasteiger partial charge in [0.15, 0.2) is 0 Å². The molecule has 5 aromatic rings. The van der Waals surface area contributed by atoms with Crippen LogP contribution in [0.5, 0.6) is 5.75 Å². The number of hydrogen-bond donors (Lipinski definition) is 1. The van der Waals surface area contributed by atoms with Crippen LogP contribution in [-0.2, 0) is 6.42 Å². The number of benzene rings is 3. The Balaban J connectivity index is 1.67. The van der Waals surface area contributed by atoms with Crippen LogP contribution >= 0.6 is 11.6 Å². The van der Waals surface area contributed by atoms with E-state index in [1.165, 1.54) is 0 Å².